The molecule has 0 fully saturated rings. The van der Waals surface area contributed by atoms with Crippen molar-refractivity contribution in [2.45, 2.75) is 43.4 Å². The molecule has 1 unspecified atom stereocenters. The molecule has 0 aliphatic rings. The van der Waals surface area contributed by atoms with E-state index in [0.717, 1.165) is 16.3 Å². The van der Waals surface area contributed by atoms with Crippen LogP contribution < -0.4 is 5.73 Å². The molecule has 4 nitrogen and oxygen atoms in total. The highest BCUT2D eigenvalue weighted by molar-refractivity contribution is 7.98. The molecule has 0 aliphatic carbocycles. The van der Waals surface area contributed by atoms with Gasteiger partial charge in [0.25, 0.3) is 0 Å². The lowest BCUT2D eigenvalue weighted by molar-refractivity contribution is 0.356. The van der Waals surface area contributed by atoms with E-state index < -0.39 is 0 Å². The Kier molecular flexibility index (Phi) is 6.08. The molecular weight excluding hydrogens is 306 g/mol. The summed E-state index contributed by atoms with van der Waals surface area (Å²) < 4.78 is 5.25. The van der Waals surface area contributed by atoms with Crippen molar-refractivity contribution >= 4 is 23.4 Å². The van der Waals surface area contributed by atoms with Crippen molar-refractivity contribution in [2.75, 3.05) is 0 Å². The van der Waals surface area contributed by atoms with Crippen molar-refractivity contribution in [3.8, 4) is 0 Å². The topological polar surface area (TPSA) is 64.9 Å². The van der Waals surface area contributed by atoms with E-state index in [1.54, 1.807) is 11.8 Å². The fraction of sp³-hybridized carbons (Fsp3) is 0.467. The predicted octanol–water partition coefficient (Wildman–Crippen LogP) is 3.93. The zero-order valence-corrected chi connectivity index (χ0v) is 13.8. The summed E-state index contributed by atoms with van der Waals surface area (Å²) in [5.41, 5.74) is 6.05. The Balaban J connectivity index is 1.87. The van der Waals surface area contributed by atoms with Gasteiger partial charge >= 0.3 is 0 Å². The lowest BCUT2D eigenvalue weighted by Crippen LogP contribution is -2.24. The average molecular weight is 326 g/mol. The second kappa shape index (κ2) is 7.82. The van der Waals surface area contributed by atoms with Crippen LogP contribution in [0.1, 0.15) is 32.0 Å². The van der Waals surface area contributed by atoms with Crippen molar-refractivity contribution in [3.05, 3.63) is 41.0 Å². The minimum absolute atomic E-state index is 0.0644. The van der Waals surface area contributed by atoms with Crippen LogP contribution in [0.25, 0.3) is 0 Å². The van der Waals surface area contributed by atoms with E-state index in [-0.39, 0.29) is 6.04 Å². The van der Waals surface area contributed by atoms with Crippen LogP contribution in [0.2, 0.25) is 5.02 Å². The smallest absolute Gasteiger partial charge is 0.228 e. The Labute approximate surface area is 134 Å². The Morgan fingerprint density at radius 3 is 2.81 bits per heavy atom. The molecule has 114 valence electrons. The second-order valence-electron chi connectivity index (χ2n) is 5.42. The zero-order valence-electron chi connectivity index (χ0n) is 12.3. The lowest BCUT2D eigenvalue weighted by Gasteiger charge is -2.10. The van der Waals surface area contributed by atoms with E-state index in [2.05, 4.69) is 24.0 Å². The summed E-state index contributed by atoms with van der Waals surface area (Å²) in [5, 5.41) is 4.73. The Hall–Kier alpha value is -1.04. The molecule has 2 N–H and O–H groups in total. The standard InChI is InChI=1S/C15H20ClN3OS/c1-10(2)7-11(17)8-15-18-14(19-20-15)9-21-13-6-4-3-5-12(13)16/h3-6,10-11H,7-9,17H2,1-2H3. The van der Waals surface area contributed by atoms with Crippen LogP contribution in [-0.2, 0) is 12.2 Å². The van der Waals surface area contributed by atoms with Gasteiger partial charge in [-0.1, -0.05) is 42.7 Å². The molecule has 6 heteroatoms. The molecule has 21 heavy (non-hydrogen) atoms. The van der Waals surface area contributed by atoms with Crippen LogP contribution in [-0.4, -0.2) is 16.2 Å². The average Bonchev–Trinajstić information content (AvgIpc) is 2.84. The molecule has 0 bridgehead atoms. The number of nitrogens with zero attached hydrogens (tertiary/aromatic N) is 2. The van der Waals surface area contributed by atoms with Crippen molar-refractivity contribution in [3.63, 3.8) is 0 Å². The van der Waals surface area contributed by atoms with E-state index in [4.69, 9.17) is 21.9 Å². The highest BCUT2D eigenvalue weighted by Gasteiger charge is 2.13. The maximum Gasteiger partial charge on any atom is 0.228 e. The van der Waals surface area contributed by atoms with Gasteiger partial charge in [0.15, 0.2) is 5.82 Å². The first-order valence-electron chi connectivity index (χ1n) is 6.99. The highest BCUT2D eigenvalue weighted by atomic mass is 35.5. The molecule has 0 spiro atoms. The van der Waals surface area contributed by atoms with Gasteiger partial charge in [-0.3, -0.25) is 0 Å². The van der Waals surface area contributed by atoms with E-state index in [1.165, 1.54) is 0 Å². The quantitative estimate of drug-likeness (QED) is 0.781. The Bertz CT molecular complexity index is 574. The SMILES string of the molecule is CC(C)CC(N)Cc1nc(CSc2ccccc2Cl)no1. The molecule has 2 rings (SSSR count). The predicted molar refractivity (Wildman–Crippen MR) is 86.4 cm³/mol. The van der Waals surface area contributed by atoms with Crippen LogP contribution in [0.3, 0.4) is 0 Å². The number of nitrogens with two attached hydrogens (primary N) is 1. The molecule has 0 saturated heterocycles. The van der Waals surface area contributed by atoms with Gasteiger partial charge in [-0.15, -0.1) is 11.8 Å². The van der Waals surface area contributed by atoms with Crippen molar-refractivity contribution in [1.29, 1.82) is 0 Å². The first-order valence-corrected chi connectivity index (χ1v) is 8.35. The van der Waals surface area contributed by atoms with Crippen molar-refractivity contribution in [1.82, 2.24) is 10.1 Å². The minimum Gasteiger partial charge on any atom is -0.339 e. The van der Waals surface area contributed by atoms with Gasteiger partial charge < -0.3 is 10.3 Å². The number of rotatable bonds is 7. The summed E-state index contributed by atoms with van der Waals surface area (Å²) in [7, 11) is 0. The van der Waals surface area contributed by atoms with Gasteiger partial charge in [-0.2, -0.15) is 4.98 Å². The van der Waals surface area contributed by atoms with Gasteiger partial charge in [0.05, 0.1) is 10.8 Å². The normalized spacial score (nSPS) is 12.8. The van der Waals surface area contributed by atoms with Crippen molar-refractivity contribution < 1.29 is 4.52 Å². The molecular formula is C15H20ClN3OS. The molecule has 0 saturated carbocycles. The molecule has 1 heterocycles. The molecule has 0 amide bonds. The summed E-state index contributed by atoms with van der Waals surface area (Å²) >= 11 is 7.71. The summed E-state index contributed by atoms with van der Waals surface area (Å²) in [5.74, 6) is 2.48. The third kappa shape index (κ3) is 5.34. The molecule has 1 aromatic carbocycles. The van der Waals surface area contributed by atoms with E-state index in [9.17, 15) is 0 Å². The maximum absolute atomic E-state index is 6.11. The fourth-order valence-corrected chi connectivity index (χ4v) is 3.13. The molecule has 0 radical (unpaired) electrons. The number of hydrogen-bond donors (Lipinski definition) is 1. The Morgan fingerprint density at radius 1 is 1.33 bits per heavy atom. The molecule has 2 aromatic rings. The zero-order chi connectivity index (χ0) is 15.2. The van der Waals surface area contributed by atoms with Crippen molar-refractivity contribution in [2.24, 2.45) is 11.7 Å². The van der Waals surface area contributed by atoms with E-state index in [1.807, 2.05) is 24.3 Å². The van der Waals surface area contributed by atoms with Gasteiger partial charge in [-0.25, -0.2) is 0 Å². The Morgan fingerprint density at radius 2 is 2.10 bits per heavy atom. The van der Waals surface area contributed by atoms with Crippen LogP contribution in [0.15, 0.2) is 33.7 Å². The minimum atomic E-state index is 0.0644. The van der Waals surface area contributed by atoms with Gasteiger partial charge in [0, 0.05) is 17.4 Å². The molecule has 0 aliphatic heterocycles. The summed E-state index contributed by atoms with van der Waals surface area (Å²) in [4.78, 5) is 5.40. The highest BCUT2D eigenvalue weighted by Crippen LogP contribution is 2.28. The van der Waals surface area contributed by atoms with Crippen LogP contribution in [0.5, 0.6) is 0 Å². The summed E-state index contributed by atoms with van der Waals surface area (Å²) in [6, 6.07) is 7.79. The summed E-state index contributed by atoms with van der Waals surface area (Å²) in [6.07, 6.45) is 1.58. The fourth-order valence-electron chi connectivity index (χ4n) is 2.05. The van der Waals surface area contributed by atoms with Gasteiger partial charge in [0.1, 0.15) is 0 Å². The number of aromatic nitrogens is 2. The lowest BCUT2D eigenvalue weighted by atomic mass is 10.0. The first-order chi connectivity index (χ1) is 10.0. The number of hydrogen-bond acceptors (Lipinski definition) is 5. The second-order valence-corrected chi connectivity index (χ2v) is 6.84. The van der Waals surface area contributed by atoms with Crippen LogP contribution >= 0.6 is 23.4 Å². The van der Waals surface area contributed by atoms with Gasteiger partial charge in [0.2, 0.25) is 5.89 Å². The third-order valence-corrected chi connectivity index (χ3v) is 4.43. The number of halogens is 1. The number of benzene rings is 1. The van der Waals surface area contributed by atoms with Gasteiger partial charge in [-0.05, 0) is 24.5 Å². The maximum atomic E-state index is 6.11. The molecule has 1 aromatic heterocycles. The van der Waals surface area contributed by atoms with Crippen LogP contribution in [0, 0.1) is 5.92 Å². The monoisotopic (exact) mass is 325 g/mol. The first kappa shape index (κ1) is 16.3. The summed E-state index contributed by atoms with van der Waals surface area (Å²) in [6.45, 7) is 4.30. The number of thioether (sulfide) groups is 1. The van der Waals surface area contributed by atoms with E-state index >= 15 is 0 Å². The molecule has 1 atom stereocenters. The largest absolute Gasteiger partial charge is 0.339 e. The van der Waals surface area contributed by atoms with Crippen LogP contribution in [0.4, 0.5) is 0 Å². The third-order valence-electron chi connectivity index (χ3n) is 2.91. The van der Waals surface area contributed by atoms with E-state index in [0.29, 0.717) is 29.8 Å².